The van der Waals surface area contributed by atoms with Gasteiger partial charge in [-0.15, -0.1) is 0 Å². The van der Waals surface area contributed by atoms with Crippen LogP contribution in [-0.4, -0.2) is 50.9 Å². The fourth-order valence-corrected chi connectivity index (χ4v) is 3.57. The molecule has 1 aromatic heterocycles. The number of hydrogen-bond donors (Lipinski definition) is 2. The van der Waals surface area contributed by atoms with E-state index in [1.165, 1.54) is 23.6 Å². The van der Waals surface area contributed by atoms with Gasteiger partial charge in [0.1, 0.15) is 0 Å². The summed E-state index contributed by atoms with van der Waals surface area (Å²) in [6, 6.07) is 6.37. The molecule has 0 aliphatic carbocycles. The summed E-state index contributed by atoms with van der Waals surface area (Å²) in [5.74, 6) is -0.0942. The van der Waals surface area contributed by atoms with Crippen LogP contribution in [0.4, 0.5) is 0 Å². The first-order valence-electron chi connectivity index (χ1n) is 9.65. The van der Waals surface area contributed by atoms with Gasteiger partial charge in [0.25, 0.3) is 0 Å². The topological polar surface area (TPSA) is 70.4 Å². The van der Waals surface area contributed by atoms with Crippen LogP contribution in [0.2, 0.25) is 0 Å². The van der Waals surface area contributed by atoms with Crippen LogP contribution in [0.5, 0.6) is 0 Å². The molecule has 2 N–H and O–H groups in total. The minimum Gasteiger partial charge on any atom is -0.388 e. The standard InChI is InChI=1S/C21H30N4O2/c1-16-5-6-20(11-17(16)2)25-14-19(12-23-25)13-24-9-4-7-21(27,8-10-24)15-22-18(3)26/h5-6,11-12,14,27H,4,7-10,13,15H2,1-3H3,(H,22,26)/t21-/m1/s1. The first-order chi connectivity index (χ1) is 12.8. The Morgan fingerprint density at radius 1 is 1.26 bits per heavy atom. The normalized spacial score (nSPS) is 21.0. The number of aliphatic hydroxyl groups is 1. The minimum absolute atomic E-state index is 0.0942. The average molecular weight is 370 g/mol. The van der Waals surface area contributed by atoms with Crippen molar-refractivity contribution in [3.05, 3.63) is 47.3 Å². The number of nitrogens with one attached hydrogen (secondary N) is 1. The first-order valence-corrected chi connectivity index (χ1v) is 9.65. The lowest BCUT2D eigenvalue weighted by Crippen LogP contribution is -2.42. The largest absolute Gasteiger partial charge is 0.388 e. The molecule has 0 bridgehead atoms. The predicted octanol–water partition coefficient (Wildman–Crippen LogP) is 2.34. The molecule has 1 amide bonds. The van der Waals surface area contributed by atoms with E-state index in [0.717, 1.165) is 31.7 Å². The van der Waals surface area contributed by atoms with Gasteiger partial charge in [0.05, 0.1) is 17.5 Å². The smallest absolute Gasteiger partial charge is 0.216 e. The summed E-state index contributed by atoms with van der Waals surface area (Å²) < 4.78 is 1.92. The van der Waals surface area contributed by atoms with Gasteiger partial charge >= 0.3 is 0 Å². The van der Waals surface area contributed by atoms with Crippen molar-refractivity contribution in [2.75, 3.05) is 19.6 Å². The van der Waals surface area contributed by atoms with E-state index >= 15 is 0 Å². The maximum atomic E-state index is 11.1. The van der Waals surface area contributed by atoms with Gasteiger partial charge in [-0.1, -0.05) is 6.07 Å². The number of benzene rings is 1. The number of aryl methyl sites for hydroxylation is 2. The summed E-state index contributed by atoms with van der Waals surface area (Å²) in [6.45, 7) is 8.62. The van der Waals surface area contributed by atoms with Crippen molar-refractivity contribution in [1.29, 1.82) is 0 Å². The molecule has 27 heavy (non-hydrogen) atoms. The van der Waals surface area contributed by atoms with Gasteiger partial charge in [0, 0.05) is 38.3 Å². The molecule has 6 heteroatoms. The van der Waals surface area contributed by atoms with Crippen molar-refractivity contribution < 1.29 is 9.90 Å². The second-order valence-corrected chi connectivity index (χ2v) is 7.83. The molecule has 2 aromatic rings. The van der Waals surface area contributed by atoms with E-state index in [-0.39, 0.29) is 5.91 Å². The highest BCUT2D eigenvalue weighted by atomic mass is 16.3. The summed E-state index contributed by atoms with van der Waals surface area (Å²) in [4.78, 5) is 13.5. The summed E-state index contributed by atoms with van der Waals surface area (Å²) in [5.41, 5.74) is 3.98. The van der Waals surface area contributed by atoms with Crippen molar-refractivity contribution in [3.8, 4) is 5.69 Å². The van der Waals surface area contributed by atoms with Crippen LogP contribution in [0.25, 0.3) is 5.69 Å². The van der Waals surface area contributed by atoms with Gasteiger partial charge < -0.3 is 10.4 Å². The zero-order chi connectivity index (χ0) is 19.4. The SMILES string of the molecule is CC(=O)NC[C@@]1(O)CCCN(Cc2cnn(-c3ccc(C)c(C)c3)c2)CC1. The molecule has 146 valence electrons. The van der Waals surface area contributed by atoms with Crippen LogP contribution >= 0.6 is 0 Å². The number of carbonyl (C=O) groups excluding carboxylic acids is 1. The molecule has 0 saturated carbocycles. The highest BCUT2D eigenvalue weighted by Gasteiger charge is 2.30. The summed E-state index contributed by atoms with van der Waals surface area (Å²) in [6.07, 6.45) is 6.30. The molecule has 6 nitrogen and oxygen atoms in total. The van der Waals surface area contributed by atoms with Crippen LogP contribution in [0.1, 0.15) is 42.9 Å². The zero-order valence-corrected chi connectivity index (χ0v) is 16.5. The summed E-state index contributed by atoms with van der Waals surface area (Å²) in [7, 11) is 0. The second kappa shape index (κ2) is 8.23. The van der Waals surface area contributed by atoms with E-state index in [4.69, 9.17) is 0 Å². The van der Waals surface area contributed by atoms with Crippen molar-refractivity contribution in [1.82, 2.24) is 20.0 Å². The Balaban J connectivity index is 1.60. The fourth-order valence-electron chi connectivity index (χ4n) is 3.57. The molecule has 0 unspecified atom stereocenters. The number of rotatable bonds is 5. The van der Waals surface area contributed by atoms with Crippen LogP contribution in [0, 0.1) is 13.8 Å². The Hall–Kier alpha value is -2.18. The molecule has 2 heterocycles. The predicted molar refractivity (Wildman–Crippen MR) is 106 cm³/mol. The number of likely N-dealkylation sites (tertiary alicyclic amines) is 1. The maximum absolute atomic E-state index is 11.1. The molecule has 1 saturated heterocycles. The van der Waals surface area contributed by atoms with E-state index in [9.17, 15) is 9.90 Å². The Bertz CT molecular complexity index is 801. The third kappa shape index (κ3) is 5.17. The number of carbonyl (C=O) groups is 1. The molecular formula is C21H30N4O2. The molecule has 1 aliphatic heterocycles. The highest BCUT2D eigenvalue weighted by Crippen LogP contribution is 2.23. The molecule has 1 fully saturated rings. The molecule has 0 spiro atoms. The Morgan fingerprint density at radius 3 is 2.81 bits per heavy atom. The average Bonchev–Trinajstić information content (AvgIpc) is 3.00. The summed E-state index contributed by atoms with van der Waals surface area (Å²) >= 11 is 0. The van der Waals surface area contributed by atoms with Crippen molar-refractivity contribution in [3.63, 3.8) is 0 Å². The number of hydrogen-bond acceptors (Lipinski definition) is 4. The minimum atomic E-state index is -0.802. The van der Waals surface area contributed by atoms with E-state index in [1.54, 1.807) is 0 Å². The Morgan fingerprint density at radius 2 is 2.07 bits per heavy atom. The molecule has 1 atom stereocenters. The van der Waals surface area contributed by atoms with Gasteiger partial charge in [-0.25, -0.2) is 4.68 Å². The first kappa shape index (κ1) is 19.6. The Labute approximate surface area is 161 Å². The van der Waals surface area contributed by atoms with Crippen molar-refractivity contribution in [2.24, 2.45) is 0 Å². The number of aromatic nitrogens is 2. The third-order valence-electron chi connectivity index (χ3n) is 5.47. The lowest BCUT2D eigenvalue weighted by Gasteiger charge is -2.27. The van der Waals surface area contributed by atoms with E-state index in [0.29, 0.717) is 19.4 Å². The highest BCUT2D eigenvalue weighted by molar-refractivity contribution is 5.72. The van der Waals surface area contributed by atoms with E-state index in [1.807, 2.05) is 10.9 Å². The van der Waals surface area contributed by atoms with Gasteiger partial charge in [-0.05, 0) is 62.9 Å². The molecule has 1 aromatic carbocycles. The maximum Gasteiger partial charge on any atom is 0.216 e. The van der Waals surface area contributed by atoms with Crippen LogP contribution < -0.4 is 5.32 Å². The van der Waals surface area contributed by atoms with Gasteiger partial charge in [0.2, 0.25) is 5.91 Å². The zero-order valence-electron chi connectivity index (χ0n) is 16.5. The van der Waals surface area contributed by atoms with Crippen LogP contribution in [0.3, 0.4) is 0 Å². The van der Waals surface area contributed by atoms with E-state index < -0.39 is 5.60 Å². The number of nitrogens with zero attached hydrogens (tertiary/aromatic N) is 3. The van der Waals surface area contributed by atoms with Crippen LogP contribution in [0.15, 0.2) is 30.6 Å². The molecule has 1 aliphatic rings. The Kier molecular flexibility index (Phi) is 5.97. The lowest BCUT2D eigenvalue weighted by atomic mass is 9.95. The van der Waals surface area contributed by atoms with Gasteiger partial charge in [-0.3, -0.25) is 9.69 Å². The van der Waals surface area contributed by atoms with Gasteiger partial charge in [0.15, 0.2) is 0 Å². The number of amides is 1. The summed E-state index contributed by atoms with van der Waals surface area (Å²) in [5, 5.41) is 18.0. The lowest BCUT2D eigenvalue weighted by molar-refractivity contribution is -0.120. The third-order valence-corrected chi connectivity index (χ3v) is 5.47. The molecule has 0 radical (unpaired) electrons. The second-order valence-electron chi connectivity index (χ2n) is 7.83. The molecule has 3 rings (SSSR count). The molecular weight excluding hydrogens is 340 g/mol. The monoisotopic (exact) mass is 370 g/mol. The fraction of sp³-hybridized carbons (Fsp3) is 0.524. The van der Waals surface area contributed by atoms with E-state index in [2.05, 4.69) is 53.6 Å². The van der Waals surface area contributed by atoms with Crippen molar-refractivity contribution in [2.45, 2.75) is 52.2 Å². The van der Waals surface area contributed by atoms with Gasteiger partial charge in [-0.2, -0.15) is 5.10 Å². The quantitative estimate of drug-likeness (QED) is 0.848. The van der Waals surface area contributed by atoms with Crippen LogP contribution in [-0.2, 0) is 11.3 Å². The van der Waals surface area contributed by atoms with Crippen molar-refractivity contribution >= 4 is 5.91 Å².